The van der Waals surface area contributed by atoms with E-state index in [1.165, 1.54) is 0 Å². The fourth-order valence-corrected chi connectivity index (χ4v) is 2.16. The summed E-state index contributed by atoms with van der Waals surface area (Å²) < 4.78 is 0. The summed E-state index contributed by atoms with van der Waals surface area (Å²) in [5.41, 5.74) is 6.51. The molecule has 1 heterocycles. The monoisotopic (exact) mass is 241 g/mol. The predicted octanol–water partition coefficient (Wildman–Crippen LogP) is 1.39. The molecule has 0 fully saturated rings. The van der Waals surface area contributed by atoms with Crippen LogP contribution in [0.5, 0.6) is 0 Å². The number of hydrogen-bond acceptors (Lipinski definition) is 4. The largest absolute Gasteiger partial charge is 0.340 e. The van der Waals surface area contributed by atoms with Crippen LogP contribution in [0.15, 0.2) is 5.38 Å². The van der Waals surface area contributed by atoms with Gasteiger partial charge in [-0.25, -0.2) is 4.98 Å². The maximum absolute atomic E-state index is 11.9. The highest BCUT2D eigenvalue weighted by atomic mass is 32.1. The molecular formula is C11H19N3OS. The first-order valence-corrected chi connectivity index (χ1v) is 6.32. The average Bonchev–Trinajstić information content (AvgIpc) is 2.65. The standard InChI is InChI=1S/C11H19N3OS/c1-4-9(5-12)11(15)14(3)6-10-7-16-8(2)13-10/h7,9H,4-6,12H2,1-3H3. The third-order valence-corrected chi connectivity index (χ3v) is 3.39. The molecule has 0 aromatic carbocycles. The molecule has 0 saturated heterocycles. The molecule has 90 valence electrons. The molecule has 1 aromatic rings. The topological polar surface area (TPSA) is 59.2 Å². The zero-order valence-electron chi connectivity index (χ0n) is 10.1. The third kappa shape index (κ3) is 3.28. The van der Waals surface area contributed by atoms with Crippen LogP contribution in [0.1, 0.15) is 24.0 Å². The minimum Gasteiger partial charge on any atom is -0.340 e. The Kier molecular flexibility index (Phi) is 4.89. The van der Waals surface area contributed by atoms with Crippen LogP contribution in [0.25, 0.3) is 0 Å². The number of aryl methyl sites for hydroxylation is 1. The highest BCUT2D eigenvalue weighted by molar-refractivity contribution is 7.09. The van der Waals surface area contributed by atoms with E-state index in [1.54, 1.807) is 23.3 Å². The van der Waals surface area contributed by atoms with Gasteiger partial charge in [0.15, 0.2) is 0 Å². The smallest absolute Gasteiger partial charge is 0.227 e. The van der Waals surface area contributed by atoms with E-state index >= 15 is 0 Å². The first-order chi connectivity index (χ1) is 7.58. The van der Waals surface area contributed by atoms with E-state index in [1.807, 2.05) is 19.2 Å². The second kappa shape index (κ2) is 5.96. The summed E-state index contributed by atoms with van der Waals surface area (Å²) in [6.07, 6.45) is 0.787. The molecule has 0 aliphatic carbocycles. The van der Waals surface area contributed by atoms with Gasteiger partial charge in [-0.2, -0.15) is 0 Å². The molecule has 0 saturated carbocycles. The van der Waals surface area contributed by atoms with Gasteiger partial charge in [0.05, 0.1) is 23.2 Å². The number of carbonyl (C=O) groups excluding carboxylic acids is 1. The number of amides is 1. The molecule has 0 radical (unpaired) electrons. The van der Waals surface area contributed by atoms with E-state index in [2.05, 4.69) is 4.98 Å². The van der Waals surface area contributed by atoms with Crippen LogP contribution in [0.2, 0.25) is 0 Å². The van der Waals surface area contributed by atoms with Crippen molar-refractivity contribution in [3.63, 3.8) is 0 Å². The van der Waals surface area contributed by atoms with Gasteiger partial charge < -0.3 is 10.6 Å². The Bertz CT molecular complexity index is 347. The highest BCUT2D eigenvalue weighted by Crippen LogP contribution is 2.12. The summed E-state index contributed by atoms with van der Waals surface area (Å²) in [4.78, 5) is 18.0. The van der Waals surface area contributed by atoms with Gasteiger partial charge in [0.25, 0.3) is 0 Å². The molecule has 0 bridgehead atoms. The molecule has 1 unspecified atom stereocenters. The lowest BCUT2D eigenvalue weighted by Gasteiger charge is -2.21. The summed E-state index contributed by atoms with van der Waals surface area (Å²) in [5.74, 6) is 0.0420. The number of carbonyl (C=O) groups is 1. The van der Waals surface area contributed by atoms with Gasteiger partial charge in [-0.05, 0) is 13.3 Å². The van der Waals surface area contributed by atoms with Crippen molar-refractivity contribution >= 4 is 17.2 Å². The zero-order chi connectivity index (χ0) is 12.1. The maximum Gasteiger partial charge on any atom is 0.227 e. The molecular weight excluding hydrogens is 222 g/mol. The quantitative estimate of drug-likeness (QED) is 0.847. The number of rotatable bonds is 5. The van der Waals surface area contributed by atoms with Crippen molar-refractivity contribution in [3.05, 3.63) is 16.1 Å². The Balaban J connectivity index is 2.57. The van der Waals surface area contributed by atoms with Crippen molar-refractivity contribution in [1.29, 1.82) is 0 Å². The van der Waals surface area contributed by atoms with Crippen LogP contribution in [-0.4, -0.2) is 29.4 Å². The molecule has 0 aliphatic rings. The lowest BCUT2D eigenvalue weighted by molar-refractivity contribution is -0.134. The Hall–Kier alpha value is -0.940. The van der Waals surface area contributed by atoms with Crippen LogP contribution in [0.4, 0.5) is 0 Å². The summed E-state index contributed by atoms with van der Waals surface area (Å²) >= 11 is 1.60. The molecule has 0 spiro atoms. The average molecular weight is 241 g/mol. The van der Waals surface area contributed by atoms with E-state index in [9.17, 15) is 4.79 Å². The molecule has 0 aliphatic heterocycles. The maximum atomic E-state index is 11.9. The van der Waals surface area contributed by atoms with Crippen molar-refractivity contribution in [2.24, 2.45) is 11.7 Å². The fourth-order valence-electron chi connectivity index (χ4n) is 1.56. The Morgan fingerprint density at radius 1 is 1.69 bits per heavy atom. The van der Waals surface area contributed by atoms with Crippen molar-refractivity contribution in [3.8, 4) is 0 Å². The zero-order valence-corrected chi connectivity index (χ0v) is 10.9. The number of hydrogen-bond donors (Lipinski definition) is 1. The van der Waals surface area contributed by atoms with Crippen molar-refractivity contribution in [2.45, 2.75) is 26.8 Å². The van der Waals surface area contributed by atoms with Crippen molar-refractivity contribution in [2.75, 3.05) is 13.6 Å². The van der Waals surface area contributed by atoms with E-state index < -0.39 is 0 Å². The van der Waals surface area contributed by atoms with Crippen molar-refractivity contribution < 1.29 is 4.79 Å². The van der Waals surface area contributed by atoms with Crippen LogP contribution in [0.3, 0.4) is 0 Å². The van der Waals surface area contributed by atoms with Gasteiger partial charge >= 0.3 is 0 Å². The molecule has 1 rings (SSSR count). The summed E-state index contributed by atoms with van der Waals surface area (Å²) in [5, 5.41) is 3.02. The van der Waals surface area contributed by atoms with Crippen LogP contribution >= 0.6 is 11.3 Å². The lowest BCUT2D eigenvalue weighted by atomic mass is 10.1. The first kappa shape index (κ1) is 13.1. The first-order valence-electron chi connectivity index (χ1n) is 5.44. The van der Waals surface area contributed by atoms with Gasteiger partial charge in [0, 0.05) is 19.0 Å². The van der Waals surface area contributed by atoms with Gasteiger partial charge in [0.1, 0.15) is 0 Å². The van der Waals surface area contributed by atoms with Crippen LogP contribution in [0, 0.1) is 12.8 Å². The van der Waals surface area contributed by atoms with E-state index in [-0.39, 0.29) is 11.8 Å². The Labute approximate surface area is 100 Å². The van der Waals surface area contributed by atoms with E-state index in [0.29, 0.717) is 13.1 Å². The summed E-state index contributed by atoms with van der Waals surface area (Å²) in [6.45, 7) is 4.93. The molecule has 4 nitrogen and oxygen atoms in total. The van der Waals surface area contributed by atoms with Gasteiger partial charge in [0.2, 0.25) is 5.91 Å². The van der Waals surface area contributed by atoms with E-state index in [0.717, 1.165) is 17.1 Å². The molecule has 16 heavy (non-hydrogen) atoms. The Morgan fingerprint density at radius 2 is 2.38 bits per heavy atom. The molecule has 2 N–H and O–H groups in total. The normalized spacial score (nSPS) is 12.5. The molecule has 1 amide bonds. The second-order valence-electron chi connectivity index (χ2n) is 3.89. The fraction of sp³-hybridized carbons (Fsp3) is 0.636. The number of aromatic nitrogens is 1. The van der Waals surface area contributed by atoms with Crippen LogP contribution < -0.4 is 5.73 Å². The van der Waals surface area contributed by atoms with Gasteiger partial charge in [-0.1, -0.05) is 6.92 Å². The number of nitrogens with zero attached hydrogens (tertiary/aromatic N) is 2. The SMILES string of the molecule is CCC(CN)C(=O)N(C)Cc1csc(C)n1. The summed E-state index contributed by atoms with van der Waals surface area (Å²) in [6, 6.07) is 0. The highest BCUT2D eigenvalue weighted by Gasteiger charge is 2.19. The van der Waals surface area contributed by atoms with Crippen LogP contribution in [-0.2, 0) is 11.3 Å². The number of nitrogens with two attached hydrogens (primary N) is 1. The van der Waals surface area contributed by atoms with Gasteiger partial charge in [-0.3, -0.25) is 4.79 Å². The third-order valence-electron chi connectivity index (χ3n) is 2.57. The lowest BCUT2D eigenvalue weighted by Crippen LogP contribution is -2.36. The van der Waals surface area contributed by atoms with Gasteiger partial charge in [-0.15, -0.1) is 11.3 Å². The summed E-state index contributed by atoms with van der Waals surface area (Å²) in [7, 11) is 1.80. The predicted molar refractivity (Wildman–Crippen MR) is 66.2 cm³/mol. The second-order valence-corrected chi connectivity index (χ2v) is 4.96. The molecule has 5 heteroatoms. The minimum absolute atomic E-state index is 0.0651. The number of thiazole rings is 1. The van der Waals surface area contributed by atoms with E-state index in [4.69, 9.17) is 5.73 Å². The molecule has 1 aromatic heterocycles. The van der Waals surface area contributed by atoms with Crippen molar-refractivity contribution in [1.82, 2.24) is 9.88 Å². The minimum atomic E-state index is -0.0651. The Morgan fingerprint density at radius 3 is 2.81 bits per heavy atom. The molecule has 1 atom stereocenters.